The van der Waals surface area contributed by atoms with Gasteiger partial charge in [-0.3, -0.25) is 14.4 Å². The Labute approximate surface area is 134 Å². The SMILES string of the molecule is COc1ccc(CCC(=O)C2C(=O)C=C(C)OC2=O)c(OC)c1. The Morgan fingerprint density at radius 2 is 1.96 bits per heavy atom. The second-order valence-corrected chi connectivity index (χ2v) is 5.16. The van der Waals surface area contributed by atoms with Gasteiger partial charge in [-0.2, -0.15) is 0 Å². The van der Waals surface area contributed by atoms with Gasteiger partial charge < -0.3 is 14.2 Å². The Kier molecular flexibility index (Phi) is 5.16. The number of Topliss-reactive ketones (excluding diaryl/α,β-unsaturated/α-hetero) is 1. The summed E-state index contributed by atoms with van der Waals surface area (Å²) in [6.45, 7) is 1.50. The minimum atomic E-state index is -1.36. The molecule has 0 bridgehead atoms. The first-order valence-electron chi connectivity index (χ1n) is 7.13. The number of ether oxygens (including phenoxy) is 3. The standard InChI is InChI=1S/C17H18O6/c1-10-8-14(19)16(17(20)23-10)13(18)7-5-11-4-6-12(21-2)9-15(11)22-3/h4,6,8-9,16H,5,7H2,1-3H3. The van der Waals surface area contributed by atoms with Crippen molar-refractivity contribution < 1.29 is 28.6 Å². The van der Waals surface area contributed by atoms with E-state index in [-0.39, 0.29) is 12.2 Å². The van der Waals surface area contributed by atoms with E-state index in [2.05, 4.69) is 0 Å². The van der Waals surface area contributed by atoms with E-state index in [0.29, 0.717) is 17.9 Å². The highest BCUT2D eigenvalue weighted by atomic mass is 16.5. The fraction of sp³-hybridized carbons (Fsp3) is 0.353. The highest BCUT2D eigenvalue weighted by Crippen LogP contribution is 2.26. The molecule has 0 aromatic heterocycles. The largest absolute Gasteiger partial charge is 0.497 e. The fourth-order valence-electron chi connectivity index (χ4n) is 2.40. The molecule has 6 nitrogen and oxygen atoms in total. The third-order valence-electron chi connectivity index (χ3n) is 3.58. The maximum Gasteiger partial charge on any atom is 0.329 e. The predicted molar refractivity (Wildman–Crippen MR) is 81.2 cm³/mol. The number of carbonyl (C=O) groups excluding carboxylic acids is 3. The van der Waals surface area contributed by atoms with E-state index in [1.165, 1.54) is 20.1 Å². The number of hydrogen-bond donors (Lipinski definition) is 0. The van der Waals surface area contributed by atoms with Crippen LogP contribution in [0.4, 0.5) is 0 Å². The molecule has 0 N–H and O–H groups in total. The van der Waals surface area contributed by atoms with Crippen LogP contribution in [0, 0.1) is 5.92 Å². The molecule has 1 aliphatic rings. The Bertz CT molecular complexity index is 674. The van der Waals surface area contributed by atoms with Crippen LogP contribution in [0.25, 0.3) is 0 Å². The third kappa shape index (κ3) is 3.77. The zero-order chi connectivity index (χ0) is 17.0. The number of aryl methyl sites for hydroxylation is 1. The van der Waals surface area contributed by atoms with Crippen molar-refractivity contribution >= 4 is 17.5 Å². The van der Waals surface area contributed by atoms with Gasteiger partial charge in [0, 0.05) is 18.6 Å². The van der Waals surface area contributed by atoms with E-state index >= 15 is 0 Å². The summed E-state index contributed by atoms with van der Waals surface area (Å²) < 4.78 is 15.2. The van der Waals surface area contributed by atoms with Crippen molar-refractivity contribution in [2.75, 3.05) is 14.2 Å². The van der Waals surface area contributed by atoms with Crippen LogP contribution in [0.5, 0.6) is 11.5 Å². The summed E-state index contributed by atoms with van der Waals surface area (Å²) in [7, 11) is 3.07. The van der Waals surface area contributed by atoms with Crippen LogP contribution in [-0.4, -0.2) is 31.8 Å². The second kappa shape index (κ2) is 7.09. The molecule has 1 aromatic rings. The molecule has 2 rings (SSSR count). The number of methoxy groups -OCH3 is 2. The smallest absolute Gasteiger partial charge is 0.329 e. The molecule has 0 spiro atoms. The van der Waals surface area contributed by atoms with Crippen LogP contribution in [0.2, 0.25) is 0 Å². The Morgan fingerprint density at radius 1 is 1.22 bits per heavy atom. The zero-order valence-corrected chi connectivity index (χ0v) is 13.3. The molecule has 1 atom stereocenters. The van der Waals surface area contributed by atoms with Gasteiger partial charge in [0.1, 0.15) is 17.3 Å². The molecule has 6 heteroatoms. The molecule has 0 radical (unpaired) electrons. The molecule has 0 saturated heterocycles. The molecule has 1 aromatic carbocycles. The Hall–Kier alpha value is -2.63. The molecule has 1 unspecified atom stereocenters. The van der Waals surface area contributed by atoms with Crippen LogP contribution < -0.4 is 9.47 Å². The Balaban J connectivity index is 2.08. The van der Waals surface area contributed by atoms with Crippen molar-refractivity contribution in [3.05, 3.63) is 35.6 Å². The number of allylic oxidation sites excluding steroid dienone is 2. The number of cyclic esters (lactones) is 1. The zero-order valence-electron chi connectivity index (χ0n) is 13.3. The minimum Gasteiger partial charge on any atom is -0.497 e. The van der Waals surface area contributed by atoms with Crippen molar-refractivity contribution in [1.82, 2.24) is 0 Å². The quantitative estimate of drug-likeness (QED) is 0.588. The maximum atomic E-state index is 12.2. The third-order valence-corrected chi connectivity index (χ3v) is 3.58. The summed E-state index contributed by atoms with van der Waals surface area (Å²) >= 11 is 0. The summed E-state index contributed by atoms with van der Waals surface area (Å²) in [5.74, 6) is -1.70. The molecule has 1 aliphatic heterocycles. The van der Waals surface area contributed by atoms with Crippen molar-refractivity contribution in [1.29, 1.82) is 0 Å². The molecule has 0 amide bonds. The summed E-state index contributed by atoms with van der Waals surface area (Å²) in [6, 6.07) is 5.26. The monoisotopic (exact) mass is 318 g/mol. The lowest BCUT2D eigenvalue weighted by atomic mass is 9.92. The van der Waals surface area contributed by atoms with Crippen molar-refractivity contribution in [3.8, 4) is 11.5 Å². The first kappa shape index (κ1) is 16.7. The predicted octanol–water partition coefficient (Wildman–Crippen LogP) is 1.85. The van der Waals surface area contributed by atoms with E-state index < -0.39 is 23.5 Å². The van der Waals surface area contributed by atoms with Gasteiger partial charge in [0.2, 0.25) is 0 Å². The Morgan fingerprint density at radius 3 is 2.57 bits per heavy atom. The molecular weight excluding hydrogens is 300 g/mol. The first-order chi connectivity index (χ1) is 11.0. The van der Waals surface area contributed by atoms with Crippen molar-refractivity contribution in [3.63, 3.8) is 0 Å². The normalized spacial score (nSPS) is 17.3. The minimum absolute atomic E-state index is 0.0427. The first-order valence-corrected chi connectivity index (χ1v) is 7.13. The summed E-state index contributed by atoms with van der Waals surface area (Å²) in [6.07, 6.45) is 1.57. The number of benzene rings is 1. The number of hydrogen-bond acceptors (Lipinski definition) is 6. The molecule has 0 aliphatic carbocycles. The lowest BCUT2D eigenvalue weighted by Crippen LogP contribution is -2.35. The van der Waals surface area contributed by atoms with Crippen LogP contribution in [0.1, 0.15) is 18.9 Å². The number of carbonyl (C=O) groups is 3. The molecular formula is C17H18O6. The van der Waals surface area contributed by atoms with Gasteiger partial charge >= 0.3 is 5.97 Å². The number of rotatable bonds is 6. The van der Waals surface area contributed by atoms with Gasteiger partial charge in [-0.25, -0.2) is 0 Å². The highest BCUT2D eigenvalue weighted by molar-refractivity contribution is 6.22. The molecule has 0 fully saturated rings. The number of esters is 1. The summed E-state index contributed by atoms with van der Waals surface area (Å²) in [5.41, 5.74) is 0.796. The van der Waals surface area contributed by atoms with E-state index in [1.54, 1.807) is 25.3 Å². The van der Waals surface area contributed by atoms with Gasteiger partial charge in [-0.05, 0) is 25.0 Å². The van der Waals surface area contributed by atoms with Gasteiger partial charge in [0.05, 0.1) is 14.2 Å². The van der Waals surface area contributed by atoms with Crippen LogP contribution >= 0.6 is 0 Å². The maximum absolute atomic E-state index is 12.2. The van der Waals surface area contributed by atoms with Gasteiger partial charge in [0.15, 0.2) is 17.5 Å². The fourth-order valence-corrected chi connectivity index (χ4v) is 2.40. The second-order valence-electron chi connectivity index (χ2n) is 5.16. The van der Waals surface area contributed by atoms with Crippen molar-refractivity contribution in [2.24, 2.45) is 5.92 Å². The van der Waals surface area contributed by atoms with E-state index in [1.807, 2.05) is 0 Å². The highest BCUT2D eigenvalue weighted by Gasteiger charge is 2.37. The number of ketones is 2. The summed E-state index contributed by atoms with van der Waals surface area (Å²) in [4.78, 5) is 35.8. The van der Waals surface area contributed by atoms with Crippen LogP contribution in [0.15, 0.2) is 30.0 Å². The van der Waals surface area contributed by atoms with E-state index in [9.17, 15) is 14.4 Å². The van der Waals surface area contributed by atoms with Crippen LogP contribution in [0.3, 0.4) is 0 Å². The average molecular weight is 318 g/mol. The van der Waals surface area contributed by atoms with Crippen LogP contribution in [-0.2, 0) is 25.5 Å². The molecule has 23 heavy (non-hydrogen) atoms. The van der Waals surface area contributed by atoms with E-state index in [0.717, 1.165) is 5.56 Å². The van der Waals surface area contributed by atoms with Gasteiger partial charge in [-0.15, -0.1) is 0 Å². The molecule has 1 heterocycles. The lowest BCUT2D eigenvalue weighted by molar-refractivity contribution is -0.152. The molecule has 0 saturated carbocycles. The average Bonchev–Trinajstić information content (AvgIpc) is 2.51. The van der Waals surface area contributed by atoms with E-state index in [4.69, 9.17) is 14.2 Å². The lowest BCUT2D eigenvalue weighted by Gasteiger charge is -2.17. The van der Waals surface area contributed by atoms with Crippen molar-refractivity contribution in [2.45, 2.75) is 19.8 Å². The molecule has 122 valence electrons. The summed E-state index contributed by atoms with van der Waals surface area (Å²) in [5, 5.41) is 0. The van der Waals surface area contributed by atoms with Gasteiger partial charge in [-0.1, -0.05) is 6.07 Å². The topological polar surface area (TPSA) is 78.9 Å². The van der Waals surface area contributed by atoms with Gasteiger partial charge in [0.25, 0.3) is 0 Å².